The van der Waals surface area contributed by atoms with E-state index in [1.807, 2.05) is 0 Å². The van der Waals surface area contributed by atoms with Gasteiger partial charge >= 0.3 is 0 Å². The topological polar surface area (TPSA) is 71.1 Å². The lowest BCUT2D eigenvalue weighted by atomic mass is 10.3. The fraction of sp³-hybridized carbons (Fsp3) is 0.583. The highest BCUT2D eigenvalue weighted by Crippen LogP contribution is 2.20. The predicted molar refractivity (Wildman–Crippen MR) is 79.6 cm³/mol. The summed E-state index contributed by atoms with van der Waals surface area (Å²) >= 11 is 3.27. The first-order valence-electron chi connectivity index (χ1n) is 6.41. The molecule has 0 atom stereocenters. The molecule has 0 saturated heterocycles. The highest BCUT2D eigenvalue weighted by Gasteiger charge is 2.19. The Labute approximate surface area is 122 Å². The van der Waals surface area contributed by atoms with E-state index < -0.39 is 10.0 Å². The number of halogens is 1. The van der Waals surface area contributed by atoms with Gasteiger partial charge in [0.25, 0.3) is 0 Å². The van der Waals surface area contributed by atoms with Crippen molar-refractivity contribution in [1.29, 1.82) is 0 Å². The van der Waals surface area contributed by atoms with Crippen LogP contribution in [-0.4, -0.2) is 31.7 Å². The van der Waals surface area contributed by atoms with Gasteiger partial charge in [0.2, 0.25) is 10.0 Å². The van der Waals surface area contributed by atoms with Crippen LogP contribution in [0.15, 0.2) is 22.8 Å². The molecule has 1 aromatic rings. The van der Waals surface area contributed by atoms with Gasteiger partial charge in [0.05, 0.1) is 10.2 Å². The van der Waals surface area contributed by atoms with E-state index in [1.165, 1.54) is 12.8 Å². The van der Waals surface area contributed by atoms with Crippen molar-refractivity contribution in [2.45, 2.75) is 31.7 Å². The van der Waals surface area contributed by atoms with Crippen molar-refractivity contribution in [3.05, 3.63) is 22.8 Å². The van der Waals surface area contributed by atoms with Crippen LogP contribution >= 0.6 is 15.9 Å². The lowest BCUT2D eigenvalue weighted by Crippen LogP contribution is -2.21. The van der Waals surface area contributed by atoms with E-state index in [4.69, 9.17) is 0 Å². The zero-order valence-corrected chi connectivity index (χ0v) is 13.0. The molecule has 19 heavy (non-hydrogen) atoms. The van der Waals surface area contributed by atoms with Gasteiger partial charge in [-0.15, -0.1) is 0 Å². The molecule has 106 valence electrons. The number of sulfonamides is 1. The summed E-state index contributed by atoms with van der Waals surface area (Å²) in [6.07, 6.45) is 5.60. The molecule has 0 spiro atoms. The molecule has 1 heterocycles. The monoisotopic (exact) mass is 347 g/mol. The van der Waals surface area contributed by atoms with Crippen LogP contribution in [-0.2, 0) is 10.0 Å². The average Bonchev–Trinajstić information content (AvgIpc) is 3.15. The van der Waals surface area contributed by atoms with Crippen LogP contribution in [0.3, 0.4) is 0 Å². The Morgan fingerprint density at radius 2 is 2.16 bits per heavy atom. The average molecular weight is 348 g/mol. The Balaban J connectivity index is 1.73. The molecule has 5 nitrogen and oxygen atoms in total. The quantitative estimate of drug-likeness (QED) is 0.706. The van der Waals surface area contributed by atoms with Crippen molar-refractivity contribution >= 4 is 31.8 Å². The molecule has 1 aromatic heterocycles. The van der Waals surface area contributed by atoms with Crippen LogP contribution in [0.1, 0.15) is 25.7 Å². The maximum Gasteiger partial charge on any atom is 0.233 e. The summed E-state index contributed by atoms with van der Waals surface area (Å²) in [4.78, 5) is 3.99. The summed E-state index contributed by atoms with van der Waals surface area (Å²) in [5.74, 6) is 0.473. The number of unbranched alkanes of at least 4 members (excludes halogenated alkanes) is 1. The van der Waals surface area contributed by atoms with Gasteiger partial charge in [0.1, 0.15) is 0 Å². The highest BCUT2D eigenvalue weighted by molar-refractivity contribution is 9.10. The Morgan fingerprint density at radius 3 is 2.84 bits per heavy atom. The van der Waals surface area contributed by atoms with E-state index in [0.29, 0.717) is 22.8 Å². The Morgan fingerprint density at radius 1 is 1.37 bits per heavy atom. The standard InChI is InChI=1S/C12H18BrN3O2S/c13-11-4-3-8-15-12(11)16-19(17,18)9-2-1-7-14-10-5-6-10/h3-4,8,10,14H,1-2,5-7,9H2,(H,15,16). The molecule has 2 rings (SSSR count). The number of nitrogens with zero attached hydrogens (tertiary/aromatic N) is 1. The maximum atomic E-state index is 11.9. The second-order valence-electron chi connectivity index (χ2n) is 4.69. The van der Waals surface area contributed by atoms with Gasteiger partial charge in [-0.3, -0.25) is 4.72 Å². The van der Waals surface area contributed by atoms with Crippen molar-refractivity contribution in [2.75, 3.05) is 17.0 Å². The maximum absolute atomic E-state index is 11.9. The van der Waals surface area contributed by atoms with Gasteiger partial charge < -0.3 is 5.32 Å². The fourth-order valence-corrected chi connectivity index (χ4v) is 3.30. The third kappa shape index (κ3) is 5.46. The second kappa shape index (κ2) is 6.67. The smallest absolute Gasteiger partial charge is 0.233 e. The molecular weight excluding hydrogens is 330 g/mol. The lowest BCUT2D eigenvalue weighted by Gasteiger charge is -2.08. The third-order valence-corrected chi connectivity index (χ3v) is 4.83. The zero-order valence-electron chi connectivity index (χ0n) is 10.6. The van der Waals surface area contributed by atoms with Gasteiger partial charge in [0.15, 0.2) is 5.82 Å². The van der Waals surface area contributed by atoms with E-state index in [1.54, 1.807) is 18.3 Å². The van der Waals surface area contributed by atoms with E-state index >= 15 is 0 Å². The van der Waals surface area contributed by atoms with Crippen LogP contribution in [0.25, 0.3) is 0 Å². The van der Waals surface area contributed by atoms with E-state index in [9.17, 15) is 8.42 Å². The zero-order chi connectivity index (χ0) is 13.7. The SMILES string of the molecule is O=S(=O)(CCCCNC1CC1)Nc1ncccc1Br. The van der Waals surface area contributed by atoms with Crippen LogP contribution in [0.5, 0.6) is 0 Å². The Hall–Kier alpha value is -0.660. The minimum Gasteiger partial charge on any atom is -0.314 e. The molecule has 0 amide bonds. The van der Waals surface area contributed by atoms with Crippen LogP contribution in [0.2, 0.25) is 0 Å². The van der Waals surface area contributed by atoms with Crippen molar-refractivity contribution < 1.29 is 8.42 Å². The molecule has 2 N–H and O–H groups in total. The number of anilines is 1. The fourth-order valence-electron chi connectivity index (χ4n) is 1.67. The van der Waals surface area contributed by atoms with Crippen molar-refractivity contribution in [3.63, 3.8) is 0 Å². The molecule has 1 saturated carbocycles. The van der Waals surface area contributed by atoms with Crippen molar-refractivity contribution in [2.24, 2.45) is 0 Å². The lowest BCUT2D eigenvalue weighted by molar-refractivity contribution is 0.590. The predicted octanol–water partition coefficient (Wildman–Crippen LogP) is 2.12. The van der Waals surface area contributed by atoms with Gasteiger partial charge in [-0.2, -0.15) is 0 Å². The first-order valence-corrected chi connectivity index (χ1v) is 8.86. The number of nitrogens with one attached hydrogen (secondary N) is 2. The molecule has 0 bridgehead atoms. The Bertz CT molecular complexity index is 517. The first kappa shape index (κ1) is 14.7. The minimum absolute atomic E-state index is 0.127. The number of rotatable bonds is 8. The summed E-state index contributed by atoms with van der Waals surface area (Å²) < 4.78 is 26.9. The third-order valence-electron chi connectivity index (χ3n) is 2.86. The van der Waals surface area contributed by atoms with Crippen molar-refractivity contribution in [3.8, 4) is 0 Å². The van der Waals surface area contributed by atoms with Crippen LogP contribution in [0.4, 0.5) is 5.82 Å². The number of hydrogen-bond donors (Lipinski definition) is 2. The summed E-state index contributed by atoms with van der Waals surface area (Å²) in [6, 6.07) is 4.18. The largest absolute Gasteiger partial charge is 0.314 e. The molecule has 0 aromatic carbocycles. The molecule has 1 aliphatic carbocycles. The normalized spacial score (nSPS) is 15.4. The van der Waals surface area contributed by atoms with Gasteiger partial charge in [-0.05, 0) is 60.3 Å². The van der Waals surface area contributed by atoms with E-state index in [2.05, 4.69) is 31.0 Å². The van der Waals surface area contributed by atoms with E-state index in [-0.39, 0.29) is 5.75 Å². The molecular formula is C12H18BrN3O2S. The van der Waals surface area contributed by atoms with Gasteiger partial charge in [0, 0.05) is 12.2 Å². The highest BCUT2D eigenvalue weighted by atomic mass is 79.9. The summed E-state index contributed by atoms with van der Waals surface area (Å²) in [5.41, 5.74) is 0. The second-order valence-corrected chi connectivity index (χ2v) is 7.39. The summed E-state index contributed by atoms with van der Waals surface area (Å²) in [6.45, 7) is 0.896. The van der Waals surface area contributed by atoms with Gasteiger partial charge in [-0.1, -0.05) is 0 Å². The van der Waals surface area contributed by atoms with Crippen LogP contribution < -0.4 is 10.0 Å². The number of pyridine rings is 1. The van der Waals surface area contributed by atoms with E-state index in [0.717, 1.165) is 13.0 Å². The number of hydrogen-bond acceptors (Lipinski definition) is 4. The molecule has 0 aliphatic heterocycles. The minimum atomic E-state index is -3.31. The van der Waals surface area contributed by atoms with Gasteiger partial charge in [-0.25, -0.2) is 13.4 Å². The summed E-state index contributed by atoms with van der Waals surface area (Å²) in [7, 11) is -3.31. The molecule has 7 heteroatoms. The Kier molecular flexibility index (Phi) is 5.18. The molecule has 1 aliphatic rings. The molecule has 1 fully saturated rings. The molecule has 0 radical (unpaired) electrons. The van der Waals surface area contributed by atoms with Crippen LogP contribution in [0, 0.1) is 0 Å². The first-order chi connectivity index (χ1) is 9.07. The number of aromatic nitrogens is 1. The molecule has 0 unspecified atom stereocenters. The van der Waals surface area contributed by atoms with Crippen molar-refractivity contribution in [1.82, 2.24) is 10.3 Å². The summed E-state index contributed by atoms with van der Waals surface area (Å²) in [5, 5.41) is 3.37.